The van der Waals surface area contributed by atoms with E-state index in [0.717, 1.165) is 62.2 Å². The molecule has 0 amide bonds. The lowest BCUT2D eigenvalue weighted by Gasteiger charge is -2.32. The number of hydrogen-bond donors (Lipinski definition) is 0. The lowest BCUT2D eigenvalue weighted by atomic mass is 9.86. The lowest BCUT2D eigenvalue weighted by molar-refractivity contribution is -0.144. The third-order valence-corrected chi connectivity index (χ3v) is 7.91. The summed E-state index contributed by atoms with van der Waals surface area (Å²) in [4.78, 5) is 25.7. The SMILES string of the molecule is CCOC(=O)CN1CCC(c2cc3c(cnn3-c3cc(N4C[C@@H]5C[C@H]4CO5)nc(OC)n3)cc2C)CC1. The summed E-state index contributed by atoms with van der Waals surface area (Å²) in [6.45, 7) is 8.15. The van der Waals surface area contributed by atoms with Gasteiger partial charge in [0.25, 0.3) is 0 Å². The molecule has 2 atom stereocenters. The van der Waals surface area contributed by atoms with Gasteiger partial charge in [-0.3, -0.25) is 9.69 Å². The van der Waals surface area contributed by atoms with Crippen molar-refractivity contribution in [1.82, 2.24) is 24.6 Å². The Hall–Kier alpha value is -3.24. The maximum Gasteiger partial charge on any atom is 0.320 e. The Balaban J connectivity index is 1.28. The first kappa shape index (κ1) is 24.1. The number of esters is 1. The van der Waals surface area contributed by atoms with Gasteiger partial charge >= 0.3 is 12.0 Å². The van der Waals surface area contributed by atoms with Gasteiger partial charge in [-0.05, 0) is 75.4 Å². The largest absolute Gasteiger partial charge is 0.467 e. The molecule has 10 heteroatoms. The van der Waals surface area contributed by atoms with E-state index in [4.69, 9.17) is 19.3 Å². The number of benzene rings is 1. The first-order chi connectivity index (χ1) is 18.0. The number of rotatable bonds is 7. The molecule has 0 saturated carbocycles. The zero-order valence-corrected chi connectivity index (χ0v) is 21.7. The molecule has 6 rings (SSSR count). The van der Waals surface area contributed by atoms with Gasteiger partial charge in [0.2, 0.25) is 0 Å². The van der Waals surface area contributed by atoms with Gasteiger partial charge < -0.3 is 19.1 Å². The van der Waals surface area contributed by atoms with E-state index in [1.165, 1.54) is 11.1 Å². The number of anilines is 1. The average molecular weight is 507 g/mol. The van der Waals surface area contributed by atoms with Gasteiger partial charge in [-0.15, -0.1) is 0 Å². The van der Waals surface area contributed by atoms with Gasteiger partial charge in [-0.25, -0.2) is 4.68 Å². The smallest absolute Gasteiger partial charge is 0.320 e. The number of nitrogens with zero attached hydrogens (tertiary/aromatic N) is 6. The molecule has 196 valence electrons. The van der Waals surface area contributed by atoms with E-state index in [0.29, 0.717) is 36.9 Å². The average Bonchev–Trinajstić information content (AvgIpc) is 3.64. The van der Waals surface area contributed by atoms with Crippen molar-refractivity contribution in [3.05, 3.63) is 35.5 Å². The van der Waals surface area contributed by atoms with E-state index in [1.54, 1.807) is 7.11 Å². The van der Waals surface area contributed by atoms with E-state index >= 15 is 0 Å². The molecule has 3 aromatic rings. The van der Waals surface area contributed by atoms with Crippen LogP contribution < -0.4 is 9.64 Å². The van der Waals surface area contributed by atoms with Crippen molar-refractivity contribution in [3.63, 3.8) is 0 Å². The molecule has 0 radical (unpaired) electrons. The normalized spacial score (nSPS) is 22.2. The number of aryl methyl sites for hydroxylation is 1. The number of methoxy groups -OCH3 is 1. The molecule has 0 N–H and O–H groups in total. The molecule has 5 heterocycles. The van der Waals surface area contributed by atoms with Crippen LogP contribution in [0.3, 0.4) is 0 Å². The second kappa shape index (κ2) is 9.90. The molecule has 3 saturated heterocycles. The van der Waals surface area contributed by atoms with E-state index in [2.05, 4.69) is 38.8 Å². The Kier molecular flexibility index (Phi) is 6.46. The number of piperidine rings is 1. The van der Waals surface area contributed by atoms with Gasteiger partial charge in [-0.2, -0.15) is 15.1 Å². The highest BCUT2D eigenvalue weighted by Crippen LogP contribution is 2.35. The molecule has 10 nitrogen and oxygen atoms in total. The molecule has 0 aliphatic carbocycles. The maximum absolute atomic E-state index is 11.9. The molecule has 2 aromatic heterocycles. The Morgan fingerprint density at radius 2 is 1.97 bits per heavy atom. The highest BCUT2D eigenvalue weighted by atomic mass is 16.5. The summed E-state index contributed by atoms with van der Waals surface area (Å²) in [7, 11) is 1.60. The van der Waals surface area contributed by atoms with Crippen LogP contribution in [0.5, 0.6) is 6.01 Å². The second-order valence-electron chi connectivity index (χ2n) is 10.2. The summed E-state index contributed by atoms with van der Waals surface area (Å²) < 4.78 is 18.3. The highest BCUT2D eigenvalue weighted by Gasteiger charge is 2.40. The lowest BCUT2D eigenvalue weighted by Crippen LogP contribution is -2.37. The van der Waals surface area contributed by atoms with Crippen LogP contribution in [-0.2, 0) is 14.3 Å². The maximum atomic E-state index is 11.9. The van der Waals surface area contributed by atoms with Crippen LogP contribution in [0.15, 0.2) is 24.4 Å². The van der Waals surface area contributed by atoms with Crippen LogP contribution in [-0.4, -0.2) is 89.3 Å². The number of ether oxygens (including phenoxy) is 3. The van der Waals surface area contributed by atoms with Crippen LogP contribution in [0.4, 0.5) is 5.82 Å². The second-order valence-corrected chi connectivity index (χ2v) is 10.2. The predicted octanol–water partition coefficient (Wildman–Crippen LogP) is 2.85. The van der Waals surface area contributed by atoms with Gasteiger partial charge in [0.15, 0.2) is 5.82 Å². The third-order valence-electron chi connectivity index (χ3n) is 7.91. The van der Waals surface area contributed by atoms with Gasteiger partial charge in [0.05, 0.1) is 50.7 Å². The summed E-state index contributed by atoms with van der Waals surface area (Å²) in [6, 6.07) is 7.17. The Morgan fingerprint density at radius 3 is 2.68 bits per heavy atom. The number of likely N-dealkylation sites (tertiary alicyclic amines) is 1. The van der Waals surface area contributed by atoms with E-state index in [-0.39, 0.29) is 12.1 Å². The van der Waals surface area contributed by atoms with Crippen molar-refractivity contribution in [2.24, 2.45) is 0 Å². The molecular formula is C27H34N6O4. The summed E-state index contributed by atoms with van der Waals surface area (Å²) in [5.41, 5.74) is 3.62. The monoisotopic (exact) mass is 506 g/mol. The molecule has 37 heavy (non-hydrogen) atoms. The first-order valence-corrected chi connectivity index (χ1v) is 13.2. The number of carbonyl (C=O) groups is 1. The predicted molar refractivity (Wildman–Crippen MR) is 138 cm³/mol. The van der Waals surface area contributed by atoms with Crippen LogP contribution in [0.2, 0.25) is 0 Å². The standard InChI is InChI=1S/C27H34N6O4/c1-4-36-26(34)15-31-7-5-18(6-8-31)22-11-23-19(9-17(22)2)13-28-33(23)25-12-24(29-27(30-25)35-3)32-14-21-10-20(32)16-37-21/h9,11-13,18,20-21H,4-8,10,14-16H2,1-3H3/t20-,21-/m0/s1. The number of morpholine rings is 1. The van der Waals surface area contributed by atoms with Gasteiger partial charge in [0.1, 0.15) is 5.82 Å². The first-order valence-electron chi connectivity index (χ1n) is 13.2. The van der Waals surface area contributed by atoms with E-state index in [9.17, 15) is 4.79 Å². The van der Waals surface area contributed by atoms with Crippen molar-refractivity contribution in [2.45, 2.75) is 51.2 Å². The highest BCUT2D eigenvalue weighted by molar-refractivity contribution is 5.82. The molecule has 3 fully saturated rings. The van der Waals surface area contributed by atoms with Gasteiger partial charge in [0, 0.05) is 18.0 Å². The van der Waals surface area contributed by atoms with Crippen molar-refractivity contribution in [2.75, 3.05) is 51.4 Å². The van der Waals surface area contributed by atoms with Crippen LogP contribution in [0, 0.1) is 6.92 Å². The Labute approximate surface area is 216 Å². The van der Waals surface area contributed by atoms with Crippen molar-refractivity contribution in [1.29, 1.82) is 0 Å². The van der Waals surface area contributed by atoms with Crippen molar-refractivity contribution >= 4 is 22.7 Å². The summed E-state index contributed by atoms with van der Waals surface area (Å²) in [5.74, 6) is 1.83. The summed E-state index contributed by atoms with van der Waals surface area (Å²) >= 11 is 0. The number of carbonyl (C=O) groups excluding carboxylic acids is 1. The number of aromatic nitrogens is 4. The zero-order valence-electron chi connectivity index (χ0n) is 21.7. The van der Waals surface area contributed by atoms with E-state index in [1.807, 2.05) is 23.9 Å². The minimum Gasteiger partial charge on any atom is -0.467 e. The molecule has 1 aromatic carbocycles. The Morgan fingerprint density at radius 1 is 1.16 bits per heavy atom. The topological polar surface area (TPSA) is 94.8 Å². The Bertz CT molecular complexity index is 1300. The molecule has 3 aliphatic rings. The van der Waals surface area contributed by atoms with Crippen LogP contribution in [0.1, 0.15) is 43.2 Å². The minimum atomic E-state index is -0.142. The summed E-state index contributed by atoms with van der Waals surface area (Å²) in [5, 5.41) is 5.79. The fourth-order valence-corrected chi connectivity index (χ4v) is 6.05. The fraction of sp³-hybridized carbons (Fsp3) is 0.556. The van der Waals surface area contributed by atoms with Gasteiger partial charge in [-0.1, -0.05) is 0 Å². The summed E-state index contributed by atoms with van der Waals surface area (Å²) in [6.07, 6.45) is 5.21. The van der Waals surface area contributed by atoms with Crippen molar-refractivity contribution in [3.8, 4) is 11.8 Å². The molecule has 0 unspecified atom stereocenters. The van der Waals surface area contributed by atoms with E-state index < -0.39 is 0 Å². The quantitative estimate of drug-likeness (QED) is 0.448. The minimum absolute atomic E-state index is 0.142. The number of hydrogen-bond acceptors (Lipinski definition) is 9. The number of fused-ring (bicyclic) bond motifs is 3. The zero-order chi connectivity index (χ0) is 25.5. The molecular weight excluding hydrogens is 472 g/mol. The molecule has 2 bridgehead atoms. The molecule has 3 aliphatic heterocycles. The molecule has 0 spiro atoms. The fourth-order valence-electron chi connectivity index (χ4n) is 6.05. The third kappa shape index (κ3) is 4.64. The van der Waals surface area contributed by atoms with Crippen LogP contribution >= 0.6 is 0 Å². The van der Waals surface area contributed by atoms with Crippen LogP contribution in [0.25, 0.3) is 16.7 Å². The van der Waals surface area contributed by atoms with Crippen molar-refractivity contribution < 1.29 is 19.0 Å².